The lowest BCUT2D eigenvalue weighted by Crippen LogP contribution is -2.48. The van der Waals surface area contributed by atoms with E-state index < -0.39 is 5.41 Å². The predicted molar refractivity (Wildman–Crippen MR) is 97.9 cm³/mol. The average molecular weight is 340 g/mol. The van der Waals surface area contributed by atoms with E-state index in [-0.39, 0.29) is 5.91 Å². The molecule has 1 aromatic heterocycles. The third-order valence-corrected chi connectivity index (χ3v) is 4.71. The van der Waals surface area contributed by atoms with Crippen LogP contribution in [0.2, 0.25) is 0 Å². The second kappa shape index (κ2) is 7.09. The minimum absolute atomic E-state index is 0.00692. The molecule has 25 heavy (non-hydrogen) atoms. The Labute approximate surface area is 148 Å². The molecule has 0 spiro atoms. The van der Waals surface area contributed by atoms with Crippen LogP contribution in [0.5, 0.6) is 5.75 Å². The summed E-state index contributed by atoms with van der Waals surface area (Å²) in [6.07, 6.45) is 3.36. The molecular formula is C19H24N4O2. The van der Waals surface area contributed by atoms with Gasteiger partial charge in [-0.15, -0.1) is 0 Å². The van der Waals surface area contributed by atoms with E-state index in [1.54, 1.807) is 13.4 Å². The molecule has 1 aliphatic rings. The summed E-state index contributed by atoms with van der Waals surface area (Å²) < 4.78 is 5.33. The monoisotopic (exact) mass is 340 g/mol. The molecule has 0 bridgehead atoms. The highest BCUT2D eigenvalue weighted by atomic mass is 16.5. The first-order valence-corrected chi connectivity index (χ1v) is 8.50. The van der Waals surface area contributed by atoms with Crippen molar-refractivity contribution in [2.24, 2.45) is 5.41 Å². The third kappa shape index (κ3) is 3.73. The van der Waals surface area contributed by atoms with Crippen molar-refractivity contribution >= 4 is 17.4 Å². The minimum atomic E-state index is -0.488. The molecule has 1 fully saturated rings. The minimum Gasteiger partial charge on any atom is -0.495 e. The molecule has 6 heteroatoms. The summed E-state index contributed by atoms with van der Waals surface area (Å²) in [5.41, 5.74) is 1.14. The standard InChI is InChI=1S/C19H24N4O2/c1-14-11-17(21-13-20-14)23-10-6-9-19(2,12-23)18(24)22-15-7-4-5-8-16(15)25-3/h4-5,7-8,11,13H,6,9-10,12H2,1-3H3,(H,22,24)/t19-/m0/s1. The van der Waals surface area contributed by atoms with E-state index in [1.807, 2.05) is 44.2 Å². The number of amides is 1. The summed E-state index contributed by atoms with van der Waals surface area (Å²) in [7, 11) is 1.60. The summed E-state index contributed by atoms with van der Waals surface area (Å²) in [5, 5.41) is 3.03. The molecular weight excluding hydrogens is 316 g/mol. The van der Waals surface area contributed by atoms with Crippen LogP contribution < -0.4 is 15.0 Å². The van der Waals surface area contributed by atoms with E-state index in [9.17, 15) is 4.79 Å². The lowest BCUT2D eigenvalue weighted by atomic mass is 9.81. The number of aryl methyl sites for hydroxylation is 1. The molecule has 1 N–H and O–H groups in total. The van der Waals surface area contributed by atoms with E-state index in [4.69, 9.17) is 4.74 Å². The normalized spacial score (nSPS) is 20.2. The average Bonchev–Trinajstić information content (AvgIpc) is 2.62. The number of piperidine rings is 1. The number of nitrogens with zero attached hydrogens (tertiary/aromatic N) is 3. The first kappa shape index (κ1) is 17.2. The van der Waals surface area contributed by atoms with Gasteiger partial charge < -0.3 is 15.0 Å². The number of ether oxygens (including phenoxy) is 1. The van der Waals surface area contributed by atoms with Gasteiger partial charge in [-0.1, -0.05) is 12.1 Å². The number of hydrogen-bond acceptors (Lipinski definition) is 5. The SMILES string of the molecule is COc1ccccc1NC(=O)[C@@]1(C)CCCN(c2cc(C)ncn2)C1. The highest BCUT2D eigenvalue weighted by molar-refractivity contribution is 5.96. The number of benzene rings is 1. The second-order valence-electron chi connectivity index (χ2n) is 6.76. The van der Waals surface area contributed by atoms with Crippen LogP contribution in [0.25, 0.3) is 0 Å². The molecule has 6 nitrogen and oxygen atoms in total. The quantitative estimate of drug-likeness (QED) is 0.926. The Balaban J connectivity index is 1.77. The summed E-state index contributed by atoms with van der Waals surface area (Å²) in [6.45, 7) is 5.49. The zero-order valence-corrected chi connectivity index (χ0v) is 15.0. The van der Waals surface area contributed by atoms with E-state index in [2.05, 4.69) is 20.2 Å². The maximum absolute atomic E-state index is 13.0. The largest absolute Gasteiger partial charge is 0.495 e. The fraction of sp³-hybridized carbons (Fsp3) is 0.421. The molecule has 1 atom stereocenters. The maximum Gasteiger partial charge on any atom is 0.232 e. The number of rotatable bonds is 4. The molecule has 0 saturated carbocycles. The Morgan fingerprint density at radius 3 is 2.88 bits per heavy atom. The van der Waals surface area contributed by atoms with Gasteiger partial charge in [0, 0.05) is 24.8 Å². The van der Waals surface area contributed by atoms with Crippen LogP contribution in [-0.4, -0.2) is 36.1 Å². The number of carbonyl (C=O) groups is 1. The summed E-state index contributed by atoms with van der Waals surface area (Å²) in [6, 6.07) is 9.43. The summed E-state index contributed by atoms with van der Waals surface area (Å²) in [4.78, 5) is 23.7. The van der Waals surface area contributed by atoms with E-state index in [0.717, 1.165) is 30.9 Å². The van der Waals surface area contributed by atoms with Gasteiger partial charge >= 0.3 is 0 Å². The number of methoxy groups -OCH3 is 1. The summed E-state index contributed by atoms with van der Waals surface area (Å²) >= 11 is 0. The number of aromatic nitrogens is 2. The fourth-order valence-electron chi connectivity index (χ4n) is 3.25. The van der Waals surface area contributed by atoms with Gasteiger partial charge in [-0.05, 0) is 38.8 Å². The predicted octanol–water partition coefficient (Wildman–Crippen LogP) is 3.04. The van der Waals surface area contributed by atoms with Crippen LogP contribution >= 0.6 is 0 Å². The van der Waals surface area contributed by atoms with Crippen molar-refractivity contribution in [1.82, 2.24) is 9.97 Å². The van der Waals surface area contributed by atoms with Crippen LogP contribution in [0, 0.1) is 12.3 Å². The number of nitrogens with one attached hydrogen (secondary N) is 1. The summed E-state index contributed by atoms with van der Waals surface area (Å²) in [5.74, 6) is 1.55. The van der Waals surface area contributed by atoms with Crippen molar-refractivity contribution in [2.45, 2.75) is 26.7 Å². The molecule has 0 radical (unpaired) electrons. The first-order valence-electron chi connectivity index (χ1n) is 8.50. The molecule has 2 heterocycles. The molecule has 2 aromatic rings. The Kier molecular flexibility index (Phi) is 4.88. The van der Waals surface area contributed by atoms with Crippen LogP contribution in [0.1, 0.15) is 25.5 Å². The first-order chi connectivity index (χ1) is 12.0. The Morgan fingerprint density at radius 2 is 2.12 bits per heavy atom. The second-order valence-corrected chi connectivity index (χ2v) is 6.76. The van der Waals surface area contributed by atoms with Crippen molar-refractivity contribution in [2.75, 3.05) is 30.4 Å². The lowest BCUT2D eigenvalue weighted by Gasteiger charge is -2.40. The Morgan fingerprint density at radius 1 is 1.32 bits per heavy atom. The number of hydrogen-bond donors (Lipinski definition) is 1. The van der Waals surface area contributed by atoms with E-state index >= 15 is 0 Å². The highest BCUT2D eigenvalue weighted by Crippen LogP contribution is 2.34. The number of para-hydroxylation sites is 2. The van der Waals surface area contributed by atoms with Crippen molar-refractivity contribution in [3.05, 3.63) is 42.4 Å². The van der Waals surface area contributed by atoms with Gasteiger partial charge in [0.05, 0.1) is 18.2 Å². The van der Waals surface area contributed by atoms with Gasteiger partial charge in [0.25, 0.3) is 0 Å². The highest BCUT2D eigenvalue weighted by Gasteiger charge is 2.38. The number of anilines is 2. The molecule has 1 saturated heterocycles. The smallest absolute Gasteiger partial charge is 0.232 e. The molecule has 3 rings (SSSR count). The van der Waals surface area contributed by atoms with Crippen molar-refractivity contribution < 1.29 is 9.53 Å². The van der Waals surface area contributed by atoms with Crippen molar-refractivity contribution in [3.8, 4) is 5.75 Å². The van der Waals surface area contributed by atoms with Gasteiger partial charge in [-0.2, -0.15) is 0 Å². The van der Waals surface area contributed by atoms with Crippen LogP contribution in [0.3, 0.4) is 0 Å². The van der Waals surface area contributed by atoms with Crippen LogP contribution in [0.15, 0.2) is 36.7 Å². The van der Waals surface area contributed by atoms with Crippen LogP contribution in [-0.2, 0) is 4.79 Å². The maximum atomic E-state index is 13.0. The molecule has 1 aliphatic heterocycles. The Bertz CT molecular complexity index is 765. The van der Waals surface area contributed by atoms with Gasteiger partial charge in [0.1, 0.15) is 17.9 Å². The zero-order chi connectivity index (χ0) is 17.9. The van der Waals surface area contributed by atoms with Gasteiger partial charge in [0.15, 0.2) is 0 Å². The number of carbonyl (C=O) groups excluding carboxylic acids is 1. The van der Waals surface area contributed by atoms with Gasteiger partial charge in [-0.3, -0.25) is 4.79 Å². The lowest BCUT2D eigenvalue weighted by molar-refractivity contribution is -0.125. The Hall–Kier alpha value is -2.63. The molecule has 0 aliphatic carbocycles. The molecule has 1 amide bonds. The topological polar surface area (TPSA) is 67.3 Å². The van der Waals surface area contributed by atoms with Gasteiger partial charge in [0.2, 0.25) is 5.91 Å². The third-order valence-electron chi connectivity index (χ3n) is 4.71. The van der Waals surface area contributed by atoms with Crippen molar-refractivity contribution in [1.29, 1.82) is 0 Å². The zero-order valence-electron chi connectivity index (χ0n) is 15.0. The molecule has 132 valence electrons. The molecule has 0 unspecified atom stereocenters. The fourth-order valence-corrected chi connectivity index (χ4v) is 3.25. The van der Waals surface area contributed by atoms with Crippen LogP contribution in [0.4, 0.5) is 11.5 Å². The van der Waals surface area contributed by atoms with E-state index in [0.29, 0.717) is 18.0 Å². The van der Waals surface area contributed by atoms with Crippen molar-refractivity contribution in [3.63, 3.8) is 0 Å². The van der Waals surface area contributed by atoms with Gasteiger partial charge in [-0.25, -0.2) is 9.97 Å². The van der Waals surface area contributed by atoms with E-state index in [1.165, 1.54) is 0 Å². The molecule has 1 aromatic carbocycles.